The molecule has 7 aromatic carbocycles. The number of aromatic hydroxyl groups is 3. The van der Waals surface area contributed by atoms with E-state index in [1.807, 2.05) is 44.2 Å². The highest BCUT2D eigenvalue weighted by Gasteiger charge is 2.52. The molecular weight excluding hydrogens is 1580 g/mol. The monoisotopic (exact) mass is 1670 g/mol. The molecule has 0 spiro atoms. The summed E-state index contributed by atoms with van der Waals surface area (Å²) >= 11 is 14.3. The summed E-state index contributed by atoms with van der Waals surface area (Å²) in [4.78, 5) is 135. The number of amides is 9. The zero-order chi connectivity index (χ0) is 84.8. The lowest BCUT2D eigenvalue weighted by atomic mass is 9.86. The molecule has 7 heterocycles. The molecule has 624 valence electrons. The number of fused-ring (bicyclic) bond motifs is 18. The van der Waals surface area contributed by atoms with Gasteiger partial charge in [0.25, 0.3) is 0 Å². The number of aliphatic hydroxyl groups excluding tert-OH is 6. The summed E-state index contributed by atoms with van der Waals surface area (Å²) in [6.45, 7) is 4.87. The molecule has 0 radical (unpaired) electrons. The van der Waals surface area contributed by atoms with E-state index in [2.05, 4.69) is 47.9 Å². The SMILES string of the molecule is CN[C@H](CC(C)C)C(=O)N[C@H]1C(=O)N[C@@H](CC(N)=O)C(=O)NC2C(=O)N[C@H]3C(=O)N[C@H](C(=O)NC(C(=O)NCC(=O)Nc4ccc5c(c4)Cc4ccccc4-5)c4cc(O)cc(O)c4-c4cc3ccc4O)[C@H](O)c3ccc(c(Cl)c3)Oc3cc2cc(c3O[C@@H]2O[C@H](CO)[C@@H](O)[C@H](O)[C@H]2OC2C[C@](C)(N)[C@H](O)[C@H](C)O2)Oc2ccc(cc2Cl)[C@H]1O. The van der Waals surface area contributed by atoms with Crippen molar-refractivity contribution in [2.45, 2.75) is 163 Å². The van der Waals surface area contributed by atoms with Crippen molar-refractivity contribution in [1.82, 2.24) is 42.5 Å². The number of primary amides is 1. The highest BCUT2D eigenvalue weighted by Crippen LogP contribution is 2.50. The van der Waals surface area contributed by atoms with Crippen molar-refractivity contribution in [1.29, 1.82) is 0 Å². The van der Waals surface area contributed by atoms with Crippen LogP contribution in [-0.4, -0.2) is 198 Å². The maximum Gasteiger partial charge on any atom is 0.248 e. The number of phenols is 3. The largest absolute Gasteiger partial charge is 0.508 e. The van der Waals surface area contributed by atoms with E-state index < -0.39 is 250 Å². The van der Waals surface area contributed by atoms with Crippen LogP contribution >= 0.6 is 23.2 Å². The predicted molar refractivity (Wildman–Crippen MR) is 418 cm³/mol. The fraction of sp³-hybridized carbons (Fsp3) is 0.370. The Bertz CT molecular complexity index is 5140. The summed E-state index contributed by atoms with van der Waals surface area (Å²) in [5.41, 5.74) is 12.5. The van der Waals surface area contributed by atoms with Gasteiger partial charge in [-0.15, -0.1) is 0 Å². The number of hydrogen-bond donors (Lipinski definition) is 20. The Hall–Kier alpha value is -11.3. The Morgan fingerprint density at radius 1 is 0.669 bits per heavy atom. The predicted octanol–water partition coefficient (Wildman–Crippen LogP) is 2.35. The average Bonchev–Trinajstić information content (AvgIpc) is 0.869. The number of carbonyl (C=O) groups excluding carboxylic acids is 9. The first kappa shape index (κ1) is 84.6. The third kappa shape index (κ3) is 17.8. The Kier molecular flexibility index (Phi) is 24.9. The first-order chi connectivity index (χ1) is 56.1. The Morgan fingerprint density at radius 2 is 1.31 bits per heavy atom. The number of aliphatic hydroxyl groups is 6. The Labute approximate surface area is 682 Å². The van der Waals surface area contributed by atoms with Crippen LogP contribution < -0.4 is 73.5 Å². The van der Waals surface area contributed by atoms with E-state index in [1.165, 1.54) is 33.0 Å². The van der Waals surface area contributed by atoms with Crippen LogP contribution in [0, 0.1) is 5.92 Å². The lowest BCUT2D eigenvalue weighted by Gasteiger charge is -2.47. The van der Waals surface area contributed by atoms with Crippen molar-refractivity contribution in [3.05, 3.63) is 170 Å². The molecule has 7 aliphatic heterocycles. The fourth-order valence-corrected chi connectivity index (χ4v) is 15.7. The number of halogens is 2. The van der Waals surface area contributed by atoms with Crippen molar-refractivity contribution in [3.63, 3.8) is 0 Å². The molecule has 1 aliphatic carbocycles. The second-order valence-corrected chi connectivity index (χ2v) is 31.2. The number of anilines is 1. The van der Waals surface area contributed by atoms with Gasteiger partial charge in [-0.1, -0.05) is 85.6 Å². The number of benzene rings is 7. The molecule has 3 unspecified atom stereocenters. The second kappa shape index (κ2) is 34.7. The second-order valence-electron chi connectivity index (χ2n) is 30.3. The molecule has 0 saturated carbocycles. The van der Waals surface area contributed by atoms with Gasteiger partial charge in [-0.05, 0) is 156 Å². The minimum Gasteiger partial charge on any atom is -0.508 e. The van der Waals surface area contributed by atoms with Gasteiger partial charge in [0, 0.05) is 34.8 Å². The van der Waals surface area contributed by atoms with E-state index in [-0.39, 0.29) is 46.2 Å². The molecule has 35 nitrogen and oxygen atoms in total. The molecule has 7 aromatic rings. The lowest BCUT2D eigenvalue weighted by Crippen LogP contribution is -2.64. The van der Waals surface area contributed by atoms with Crippen LogP contribution in [0.3, 0.4) is 0 Å². The van der Waals surface area contributed by atoms with Gasteiger partial charge in [0.1, 0.15) is 95.5 Å². The molecule has 18 atom stereocenters. The van der Waals surface area contributed by atoms with Crippen molar-refractivity contribution in [2.75, 3.05) is 25.5 Å². The van der Waals surface area contributed by atoms with E-state index in [0.717, 1.165) is 89.0 Å². The van der Waals surface area contributed by atoms with Crippen molar-refractivity contribution in [2.24, 2.45) is 17.4 Å². The maximum absolute atomic E-state index is 16.3. The lowest BCUT2D eigenvalue weighted by molar-refractivity contribution is -0.333. The molecule has 2 fully saturated rings. The smallest absolute Gasteiger partial charge is 0.248 e. The minimum absolute atomic E-state index is 0.109. The van der Waals surface area contributed by atoms with E-state index >= 15 is 24.0 Å². The number of hydrogen-bond acceptors (Lipinski definition) is 26. The van der Waals surface area contributed by atoms with Crippen LogP contribution in [0.25, 0.3) is 22.3 Å². The number of nitrogens with one attached hydrogen (secondary N) is 9. The molecule has 37 heteroatoms. The van der Waals surface area contributed by atoms with E-state index in [0.29, 0.717) is 12.1 Å². The van der Waals surface area contributed by atoms with Crippen molar-refractivity contribution in [3.8, 4) is 68.2 Å². The van der Waals surface area contributed by atoms with Gasteiger partial charge in [-0.2, -0.15) is 0 Å². The van der Waals surface area contributed by atoms with Crippen molar-refractivity contribution < 1.29 is 118 Å². The van der Waals surface area contributed by atoms with Crippen LogP contribution in [0.4, 0.5) is 5.69 Å². The molecule has 2 saturated heterocycles. The molecule has 9 amide bonds. The first-order valence-electron chi connectivity index (χ1n) is 37.6. The first-order valence-corrected chi connectivity index (χ1v) is 38.3. The normalized spacial score (nSPS) is 27.0. The quantitative estimate of drug-likeness (QED) is 0.0660. The average molecular weight is 1670 g/mol. The number of likely N-dealkylation sites (N-methyl/N-ethyl adjacent to an activating group) is 1. The zero-order valence-electron chi connectivity index (χ0n) is 63.7. The van der Waals surface area contributed by atoms with E-state index in [9.17, 15) is 65.1 Å². The summed E-state index contributed by atoms with van der Waals surface area (Å²) < 4.78 is 38.7. The molecular formula is C81H87Cl2N11O24. The van der Waals surface area contributed by atoms with Crippen LogP contribution in [0.5, 0.6) is 46.0 Å². The standard InChI is InChI=1S/C81H87Cl2N11O24/c1-32(2)18-48(86-5)73(106)93-64-66(101)36-11-16-52(46(82)22-36)114-54-24-39-25-55(70(54)118-80-71(69(104)68(103)56(31-95)116-80)117-59-29-81(4,85)72(105)33(3)113-59)115-53-17-12-37(23-47(53)83)67(102)65-79(112)92-63(75(108)87-30-58(100)88-40-13-14-43-38(20-40)19-34-8-6-7-9-42(34)43)45-26-41(96)27-51(98)60(45)44-21-35(10-15-50(44)97)61(76(109)94-65)91-77(110)62(39)90-74(107)49(28-57(84)99)89-78(64)111/h6-17,20-27,32-33,48-49,56,59,61-69,71-72,80,86,95-98,101-105H,18-19,28-31,85H2,1-5H3,(H2,84,99)(H,87,108)(H,88,100)(H,89,111)(H,90,107)(H,91,110)(H,92,112)(H,93,106)(H,94,109)/t33-,48+,49-,56+,59?,61+,62?,63?,64+,65-,66+,67+,68+,69-,71+,72+,80-,81-/m0/s1. The summed E-state index contributed by atoms with van der Waals surface area (Å²) in [5, 5.41) is 128. The highest BCUT2D eigenvalue weighted by atomic mass is 35.5. The Balaban J connectivity index is 0.976. The van der Waals surface area contributed by atoms with Gasteiger partial charge >= 0.3 is 0 Å². The van der Waals surface area contributed by atoms with E-state index in [1.54, 1.807) is 12.1 Å². The van der Waals surface area contributed by atoms with Gasteiger partial charge in [-0.25, -0.2) is 0 Å². The summed E-state index contributed by atoms with van der Waals surface area (Å²) in [7, 11) is 1.47. The molecule has 118 heavy (non-hydrogen) atoms. The number of ether oxygens (including phenoxy) is 6. The third-order valence-corrected chi connectivity index (χ3v) is 21.9. The third-order valence-electron chi connectivity index (χ3n) is 21.3. The number of phenolic OH excluding ortho intramolecular Hbond substituents is 3. The van der Waals surface area contributed by atoms with Gasteiger partial charge in [0.05, 0.1) is 47.9 Å². The van der Waals surface area contributed by atoms with E-state index in [4.69, 9.17) is 63.1 Å². The minimum atomic E-state index is -2.37. The molecule has 11 bridgehead atoms. The highest BCUT2D eigenvalue weighted by molar-refractivity contribution is 6.32. The fourth-order valence-electron chi connectivity index (χ4n) is 15.2. The molecule has 15 rings (SSSR count). The van der Waals surface area contributed by atoms with Gasteiger partial charge in [0.2, 0.25) is 65.2 Å². The molecule has 22 N–H and O–H groups in total. The molecule has 8 aliphatic rings. The van der Waals surface area contributed by atoms with Crippen molar-refractivity contribution >= 4 is 82.1 Å². The summed E-state index contributed by atoms with van der Waals surface area (Å²) in [5.74, 6) is -16.2. The number of carbonyl (C=O) groups is 9. The van der Waals surface area contributed by atoms with Gasteiger partial charge < -0.3 is 134 Å². The van der Waals surface area contributed by atoms with Crippen LogP contribution in [0.15, 0.2) is 121 Å². The van der Waals surface area contributed by atoms with Crippen LogP contribution in [-0.2, 0) is 63.8 Å². The molecule has 0 aromatic heterocycles. The van der Waals surface area contributed by atoms with Gasteiger partial charge in [-0.3, -0.25) is 43.2 Å². The van der Waals surface area contributed by atoms with Crippen LogP contribution in [0.1, 0.15) is 116 Å². The topological polar surface area (TPSA) is 551 Å². The van der Waals surface area contributed by atoms with Gasteiger partial charge in [0.15, 0.2) is 23.9 Å². The van der Waals surface area contributed by atoms with Crippen LogP contribution in [0.2, 0.25) is 10.0 Å². The maximum atomic E-state index is 16.3. The Morgan fingerprint density at radius 3 is 1.97 bits per heavy atom. The zero-order valence-corrected chi connectivity index (χ0v) is 65.3. The summed E-state index contributed by atoms with van der Waals surface area (Å²) in [6.07, 6.45) is -18.2. The number of rotatable bonds is 16. The summed E-state index contributed by atoms with van der Waals surface area (Å²) in [6, 6.07) is 12.7. The number of nitrogens with two attached hydrogens (primary N) is 2.